The highest BCUT2D eigenvalue weighted by molar-refractivity contribution is 7.90. The van der Waals surface area contributed by atoms with Gasteiger partial charge in [0.05, 0.1) is 9.23 Å². The van der Waals surface area contributed by atoms with E-state index in [2.05, 4.69) is 14.6 Å². The number of nitrogens with one attached hydrogen (secondary N) is 1. The molecule has 1 aromatic heterocycles. The highest BCUT2D eigenvalue weighted by Crippen LogP contribution is 2.26. The minimum absolute atomic E-state index is 0.0152. The second kappa shape index (κ2) is 9.51. The lowest BCUT2D eigenvalue weighted by molar-refractivity contribution is -0.135. The summed E-state index contributed by atoms with van der Waals surface area (Å²) >= 11 is 7.61. The quantitative estimate of drug-likeness (QED) is 0.668. The molecule has 0 saturated carbocycles. The first-order valence-electron chi connectivity index (χ1n) is 10.7. The van der Waals surface area contributed by atoms with Crippen LogP contribution in [-0.4, -0.2) is 62.2 Å². The first kappa shape index (κ1) is 23.2. The van der Waals surface area contributed by atoms with E-state index in [4.69, 9.17) is 11.6 Å². The zero-order chi connectivity index (χ0) is 22.9. The van der Waals surface area contributed by atoms with Crippen LogP contribution in [0, 0.1) is 5.92 Å². The van der Waals surface area contributed by atoms with Crippen molar-refractivity contribution >= 4 is 44.7 Å². The number of piperazine rings is 1. The van der Waals surface area contributed by atoms with Gasteiger partial charge >= 0.3 is 0 Å². The molecular formula is C22H27ClN4O3S2. The Morgan fingerprint density at radius 3 is 2.56 bits per heavy atom. The minimum Gasteiger partial charge on any atom is -0.338 e. The van der Waals surface area contributed by atoms with Crippen LogP contribution in [-0.2, 0) is 21.4 Å². The molecule has 4 rings (SSSR count). The van der Waals surface area contributed by atoms with Gasteiger partial charge in [-0.15, -0.1) is 11.3 Å². The first-order valence-corrected chi connectivity index (χ1v) is 13.4. The number of amidine groups is 1. The molecule has 1 saturated heterocycles. The summed E-state index contributed by atoms with van der Waals surface area (Å²) in [5.74, 6) is 0.195. The van der Waals surface area contributed by atoms with E-state index in [0.717, 1.165) is 30.4 Å². The van der Waals surface area contributed by atoms with Gasteiger partial charge in [0.1, 0.15) is 11.9 Å². The number of halogens is 1. The maximum Gasteiger partial charge on any atom is 0.263 e. The van der Waals surface area contributed by atoms with Crippen molar-refractivity contribution in [3.8, 4) is 0 Å². The summed E-state index contributed by atoms with van der Waals surface area (Å²) in [4.78, 5) is 23.7. The number of benzene rings is 1. The third-order valence-corrected chi connectivity index (χ3v) is 8.67. The Hall–Kier alpha value is -1.94. The number of sulfonamides is 1. The summed E-state index contributed by atoms with van der Waals surface area (Å²) < 4.78 is 28.2. The fraction of sp³-hybridized carbons (Fsp3) is 0.455. The second-order valence-corrected chi connectivity index (χ2v) is 11.7. The predicted molar refractivity (Wildman–Crippen MR) is 128 cm³/mol. The van der Waals surface area contributed by atoms with E-state index in [0.29, 0.717) is 18.7 Å². The van der Waals surface area contributed by atoms with Crippen molar-refractivity contribution in [2.75, 3.05) is 26.2 Å². The maximum absolute atomic E-state index is 13.4. The van der Waals surface area contributed by atoms with E-state index in [1.54, 1.807) is 35.6 Å². The van der Waals surface area contributed by atoms with Gasteiger partial charge in [0.25, 0.3) is 10.0 Å². The van der Waals surface area contributed by atoms with Gasteiger partial charge in [-0.05, 0) is 30.2 Å². The monoisotopic (exact) mass is 494 g/mol. The average molecular weight is 495 g/mol. The van der Waals surface area contributed by atoms with E-state index in [-0.39, 0.29) is 22.6 Å². The number of amides is 1. The minimum atomic E-state index is -3.64. The van der Waals surface area contributed by atoms with Gasteiger partial charge in [-0.25, -0.2) is 8.42 Å². The Morgan fingerprint density at radius 2 is 1.91 bits per heavy atom. The average Bonchev–Trinajstić information content (AvgIpc) is 3.31. The summed E-state index contributed by atoms with van der Waals surface area (Å²) in [5.41, 5.74) is 0.521. The van der Waals surface area contributed by atoms with E-state index in [1.807, 2.05) is 30.9 Å². The lowest BCUT2D eigenvalue weighted by Gasteiger charge is -2.36. The largest absolute Gasteiger partial charge is 0.338 e. The molecule has 0 bridgehead atoms. The number of carbonyl (C=O) groups is 1. The summed E-state index contributed by atoms with van der Waals surface area (Å²) in [7, 11) is -3.64. The topological polar surface area (TPSA) is 82.1 Å². The van der Waals surface area contributed by atoms with Crippen molar-refractivity contribution in [2.45, 2.75) is 37.8 Å². The number of rotatable bonds is 6. The van der Waals surface area contributed by atoms with Gasteiger partial charge in [-0.1, -0.05) is 44.0 Å². The van der Waals surface area contributed by atoms with Crippen LogP contribution in [0.3, 0.4) is 0 Å². The molecule has 172 valence electrons. The SMILES string of the molecule is CC[C@H](C)[C@H](N=C1NS(=O)(=O)c2ccccc21)C(=O)N1CCN(Cc2ccc(Cl)s2)CC1. The predicted octanol–water partition coefficient (Wildman–Crippen LogP) is 3.20. The number of thiophene rings is 1. The third kappa shape index (κ3) is 4.85. The van der Waals surface area contributed by atoms with E-state index in [1.165, 1.54) is 4.88 Å². The Bertz CT molecular complexity index is 1120. The molecule has 1 fully saturated rings. The van der Waals surface area contributed by atoms with Crippen molar-refractivity contribution < 1.29 is 13.2 Å². The smallest absolute Gasteiger partial charge is 0.263 e. The second-order valence-electron chi connectivity index (χ2n) is 8.22. The van der Waals surface area contributed by atoms with Crippen LogP contribution in [0.5, 0.6) is 0 Å². The molecule has 2 aromatic rings. The molecule has 2 aliphatic rings. The molecule has 0 spiro atoms. The molecule has 1 aromatic carbocycles. The highest BCUT2D eigenvalue weighted by atomic mass is 35.5. The van der Waals surface area contributed by atoms with Crippen molar-refractivity contribution in [1.82, 2.24) is 14.5 Å². The summed E-state index contributed by atoms with van der Waals surface area (Å²) in [6.07, 6.45) is 0.765. The molecule has 10 heteroatoms. The van der Waals surface area contributed by atoms with Crippen molar-refractivity contribution in [3.63, 3.8) is 0 Å². The molecule has 2 atom stereocenters. The summed E-state index contributed by atoms with van der Waals surface area (Å²) in [6, 6.07) is 10.1. The summed E-state index contributed by atoms with van der Waals surface area (Å²) in [6.45, 7) is 7.63. The van der Waals surface area contributed by atoms with Gasteiger partial charge in [0.15, 0.2) is 0 Å². The fourth-order valence-electron chi connectivity index (χ4n) is 3.99. The van der Waals surface area contributed by atoms with E-state index >= 15 is 0 Å². The molecule has 1 N–H and O–H groups in total. The molecule has 7 nitrogen and oxygen atoms in total. The Kier molecular flexibility index (Phi) is 6.90. The normalized spacial score (nSPS) is 21.2. The zero-order valence-electron chi connectivity index (χ0n) is 18.1. The van der Waals surface area contributed by atoms with Crippen LogP contribution in [0.25, 0.3) is 0 Å². The first-order chi connectivity index (χ1) is 15.3. The lowest BCUT2D eigenvalue weighted by atomic mass is 9.97. The molecular weight excluding hydrogens is 468 g/mol. The standard InChI is InChI=1S/C22H27ClN4O3S2/c1-3-15(2)20(24-21-17-6-4-5-7-18(17)32(29,30)25-21)22(28)27-12-10-26(11-13-27)14-16-8-9-19(23)31-16/h4-9,15,20H,3,10-14H2,1-2H3,(H,24,25)/t15-,20-/m0/s1. The molecule has 1 amide bonds. The number of hydrogen-bond acceptors (Lipinski definition) is 6. The molecule has 3 heterocycles. The van der Waals surface area contributed by atoms with Gasteiger partial charge in [0, 0.05) is 43.2 Å². The molecule has 0 unspecified atom stereocenters. The molecule has 32 heavy (non-hydrogen) atoms. The number of fused-ring (bicyclic) bond motifs is 1. The van der Waals surface area contributed by atoms with Gasteiger partial charge in [0.2, 0.25) is 5.91 Å². The van der Waals surface area contributed by atoms with Crippen LogP contribution < -0.4 is 4.72 Å². The van der Waals surface area contributed by atoms with Crippen LogP contribution in [0.15, 0.2) is 46.3 Å². The fourth-order valence-corrected chi connectivity index (χ4v) is 6.36. The summed E-state index contributed by atoms with van der Waals surface area (Å²) in [5, 5.41) is 0. The van der Waals surface area contributed by atoms with Crippen molar-refractivity contribution in [2.24, 2.45) is 10.9 Å². The molecule has 2 aliphatic heterocycles. The van der Waals surface area contributed by atoms with Crippen LogP contribution >= 0.6 is 22.9 Å². The van der Waals surface area contributed by atoms with Gasteiger partial charge in [-0.3, -0.25) is 19.4 Å². The van der Waals surface area contributed by atoms with Crippen LogP contribution in [0.2, 0.25) is 4.34 Å². The Morgan fingerprint density at radius 1 is 1.19 bits per heavy atom. The van der Waals surface area contributed by atoms with Gasteiger partial charge in [-0.2, -0.15) is 0 Å². The maximum atomic E-state index is 13.4. The highest BCUT2D eigenvalue weighted by Gasteiger charge is 2.35. The zero-order valence-corrected chi connectivity index (χ0v) is 20.5. The van der Waals surface area contributed by atoms with E-state index in [9.17, 15) is 13.2 Å². The number of carbonyl (C=O) groups excluding carboxylic acids is 1. The van der Waals surface area contributed by atoms with Crippen molar-refractivity contribution in [3.05, 3.63) is 51.2 Å². The number of nitrogens with zero attached hydrogens (tertiary/aromatic N) is 3. The Balaban J connectivity index is 1.49. The van der Waals surface area contributed by atoms with E-state index < -0.39 is 16.1 Å². The third-order valence-electron chi connectivity index (χ3n) is 6.06. The lowest BCUT2D eigenvalue weighted by Crippen LogP contribution is -2.52. The number of aliphatic imine (C=N–C) groups is 1. The van der Waals surface area contributed by atoms with Crippen LogP contribution in [0.4, 0.5) is 0 Å². The van der Waals surface area contributed by atoms with Gasteiger partial charge < -0.3 is 4.90 Å². The molecule has 0 aliphatic carbocycles. The molecule has 0 radical (unpaired) electrons. The Labute approximate surface area is 198 Å². The van der Waals surface area contributed by atoms with Crippen molar-refractivity contribution in [1.29, 1.82) is 0 Å². The van der Waals surface area contributed by atoms with Crippen LogP contribution in [0.1, 0.15) is 30.7 Å². The number of hydrogen-bond donors (Lipinski definition) is 1.